The zero-order valence-electron chi connectivity index (χ0n) is 24.9. The Morgan fingerprint density at radius 3 is 1.74 bits per heavy atom. The minimum atomic E-state index is -0.854. The maximum atomic E-state index is 12.5. The summed E-state index contributed by atoms with van der Waals surface area (Å²) in [6.07, 6.45) is 4.00. The van der Waals surface area contributed by atoms with Crippen LogP contribution in [-0.2, 0) is 30.5 Å². The standard InChI is InChI=1S/C37H28O9/c1-6-32(38)43-24-27-13-11-25(12-14-27)15-19-28-23-31(42-10-5)30(37(46-35(41)9-4)36(28)45-34(40)8-3)22-18-26-16-20-29(21-17-26)44-33(39)7-2/h6-9,11-14,16-17,20-21,23H,1-4,10,24H2,5H3. The first kappa shape index (κ1) is 33.9. The second-order valence-electron chi connectivity index (χ2n) is 8.80. The monoisotopic (exact) mass is 616 g/mol. The van der Waals surface area contributed by atoms with E-state index in [1.165, 1.54) is 6.07 Å². The van der Waals surface area contributed by atoms with Gasteiger partial charge in [-0.05, 0) is 48.9 Å². The maximum Gasteiger partial charge on any atom is 0.335 e. The first-order chi connectivity index (χ1) is 22.2. The Morgan fingerprint density at radius 1 is 0.652 bits per heavy atom. The van der Waals surface area contributed by atoms with Crippen molar-refractivity contribution >= 4 is 23.9 Å². The highest BCUT2D eigenvalue weighted by atomic mass is 16.6. The highest BCUT2D eigenvalue weighted by Gasteiger charge is 2.24. The lowest BCUT2D eigenvalue weighted by molar-refractivity contribution is -0.139. The summed E-state index contributed by atoms with van der Waals surface area (Å²) in [6.45, 7) is 15.6. The van der Waals surface area contributed by atoms with E-state index in [0.29, 0.717) is 16.9 Å². The quantitative estimate of drug-likeness (QED) is 0.121. The number of hydrogen-bond acceptors (Lipinski definition) is 9. The third kappa shape index (κ3) is 9.73. The fourth-order valence-electron chi connectivity index (χ4n) is 3.52. The van der Waals surface area contributed by atoms with Gasteiger partial charge in [0, 0.05) is 41.5 Å². The van der Waals surface area contributed by atoms with E-state index >= 15 is 0 Å². The molecule has 0 aliphatic carbocycles. The van der Waals surface area contributed by atoms with Crippen LogP contribution in [0.5, 0.6) is 23.0 Å². The van der Waals surface area contributed by atoms with Crippen LogP contribution in [0.3, 0.4) is 0 Å². The van der Waals surface area contributed by atoms with Crippen molar-refractivity contribution in [3.8, 4) is 46.7 Å². The van der Waals surface area contributed by atoms with Crippen LogP contribution in [0, 0.1) is 23.7 Å². The maximum absolute atomic E-state index is 12.5. The van der Waals surface area contributed by atoms with Gasteiger partial charge >= 0.3 is 23.9 Å². The lowest BCUT2D eigenvalue weighted by Crippen LogP contribution is -2.12. The van der Waals surface area contributed by atoms with Crippen molar-refractivity contribution in [2.75, 3.05) is 6.61 Å². The van der Waals surface area contributed by atoms with Crippen LogP contribution in [-0.4, -0.2) is 30.5 Å². The highest BCUT2D eigenvalue weighted by Crippen LogP contribution is 2.41. The third-order valence-electron chi connectivity index (χ3n) is 5.65. The normalized spacial score (nSPS) is 9.50. The van der Waals surface area contributed by atoms with Crippen LogP contribution < -0.4 is 18.9 Å². The highest BCUT2D eigenvalue weighted by molar-refractivity contribution is 5.88. The number of benzene rings is 3. The van der Waals surface area contributed by atoms with E-state index in [2.05, 4.69) is 50.0 Å². The summed E-state index contributed by atoms with van der Waals surface area (Å²) < 4.78 is 27.0. The Kier molecular flexibility index (Phi) is 12.5. The molecule has 0 aliphatic rings. The third-order valence-corrected chi connectivity index (χ3v) is 5.65. The van der Waals surface area contributed by atoms with Crippen molar-refractivity contribution < 1.29 is 42.9 Å². The summed E-state index contributed by atoms with van der Waals surface area (Å²) in [6, 6.07) is 14.7. The minimum absolute atomic E-state index is 0.0609. The Labute approximate surface area is 266 Å². The number of carbonyl (C=O) groups excluding carboxylic acids is 4. The van der Waals surface area contributed by atoms with Crippen molar-refractivity contribution in [2.45, 2.75) is 13.5 Å². The lowest BCUT2D eigenvalue weighted by Gasteiger charge is -2.16. The van der Waals surface area contributed by atoms with Crippen LogP contribution in [0.1, 0.15) is 34.7 Å². The van der Waals surface area contributed by atoms with Crippen molar-refractivity contribution in [2.24, 2.45) is 0 Å². The average Bonchev–Trinajstić information content (AvgIpc) is 3.07. The molecule has 0 amide bonds. The molecule has 3 aromatic carbocycles. The molecule has 0 aliphatic heterocycles. The van der Waals surface area contributed by atoms with Gasteiger partial charge in [-0.1, -0.05) is 62.1 Å². The summed E-state index contributed by atoms with van der Waals surface area (Å²) in [4.78, 5) is 47.7. The molecule has 46 heavy (non-hydrogen) atoms. The average molecular weight is 617 g/mol. The topological polar surface area (TPSA) is 114 Å². The van der Waals surface area contributed by atoms with Crippen LogP contribution >= 0.6 is 0 Å². The van der Waals surface area contributed by atoms with E-state index in [4.69, 9.17) is 23.7 Å². The summed E-state index contributed by atoms with van der Waals surface area (Å²) >= 11 is 0. The van der Waals surface area contributed by atoms with Gasteiger partial charge < -0.3 is 23.7 Å². The molecule has 230 valence electrons. The summed E-state index contributed by atoms with van der Waals surface area (Å²) in [5.41, 5.74) is 2.06. The predicted octanol–water partition coefficient (Wildman–Crippen LogP) is 5.39. The molecule has 0 fully saturated rings. The molecule has 0 aromatic heterocycles. The fourth-order valence-corrected chi connectivity index (χ4v) is 3.52. The molecule has 0 N–H and O–H groups in total. The first-order valence-corrected chi connectivity index (χ1v) is 13.6. The molecule has 0 heterocycles. The molecule has 0 saturated heterocycles. The van der Waals surface area contributed by atoms with E-state index in [0.717, 1.165) is 29.9 Å². The molecular formula is C37H28O9. The Morgan fingerprint density at radius 2 is 1.17 bits per heavy atom. The number of rotatable bonds is 11. The molecule has 9 heteroatoms. The molecule has 0 bridgehead atoms. The molecule has 0 saturated carbocycles. The van der Waals surface area contributed by atoms with Gasteiger partial charge in [-0.15, -0.1) is 0 Å². The molecule has 0 spiro atoms. The SMILES string of the molecule is C=CC(=O)OCc1ccc(C#Cc2cc(OCC)c(C#Cc3ccc(OC(=O)C=C)cc3)c(OC(=O)C=C)c2OC(=O)C=C)cc1. The van der Waals surface area contributed by atoms with E-state index in [1.807, 2.05) is 0 Å². The second kappa shape index (κ2) is 16.9. The smallest absolute Gasteiger partial charge is 0.335 e. The van der Waals surface area contributed by atoms with E-state index in [1.54, 1.807) is 55.5 Å². The van der Waals surface area contributed by atoms with Crippen molar-refractivity contribution in [1.82, 2.24) is 0 Å². The van der Waals surface area contributed by atoms with Gasteiger partial charge in [0.2, 0.25) is 0 Å². The summed E-state index contributed by atoms with van der Waals surface area (Å²) in [5, 5.41) is 0. The molecular weight excluding hydrogens is 588 g/mol. The number of ether oxygens (including phenoxy) is 5. The fraction of sp³-hybridized carbons (Fsp3) is 0.0811. The van der Waals surface area contributed by atoms with Crippen molar-refractivity contribution in [1.29, 1.82) is 0 Å². The van der Waals surface area contributed by atoms with Gasteiger partial charge in [0.05, 0.1) is 12.2 Å². The zero-order valence-corrected chi connectivity index (χ0v) is 24.9. The Hall–Kier alpha value is -6.58. The summed E-state index contributed by atoms with van der Waals surface area (Å²) in [5.74, 6) is 9.01. The van der Waals surface area contributed by atoms with E-state index in [9.17, 15) is 19.2 Å². The predicted molar refractivity (Wildman–Crippen MR) is 170 cm³/mol. The van der Waals surface area contributed by atoms with Gasteiger partial charge in [-0.25, -0.2) is 19.2 Å². The van der Waals surface area contributed by atoms with Crippen molar-refractivity contribution in [3.63, 3.8) is 0 Å². The number of hydrogen-bond donors (Lipinski definition) is 0. The zero-order chi connectivity index (χ0) is 33.5. The lowest BCUT2D eigenvalue weighted by atomic mass is 10.1. The van der Waals surface area contributed by atoms with Gasteiger partial charge in [-0.3, -0.25) is 0 Å². The van der Waals surface area contributed by atoms with E-state index < -0.39 is 23.9 Å². The van der Waals surface area contributed by atoms with Crippen LogP contribution in [0.2, 0.25) is 0 Å². The second-order valence-corrected chi connectivity index (χ2v) is 8.80. The molecule has 0 unspecified atom stereocenters. The van der Waals surface area contributed by atoms with Crippen LogP contribution in [0.4, 0.5) is 0 Å². The summed E-state index contributed by atoms with van der Waals surface area (Å²) in [7, 11) is 0. The molecule has 0 radical (unpaired) electrons. The number of esters is 4. The number of carbonyl (C=O) groups is 4. The molecule has 3 rings (SSSR count). The molecule has 0 atom stereocenters. The van der Waals surface area contributed by atoms with Gasteiger partial charge in [0.1, 0.15) is 23.7 Å². The minimum Gasteiger partial charge on any atom is -0.492 e. The Balaban J connectivity index is 2.15. The van der Waals surface area contributed by atoms with E-state index in [-0.39, 0.29) is 41.6 Å². The van der Waals surface area contributed by atoms with Gasteiger partial charge in [-0.2, -0.15) is 0 Å². The largest absolute Gasteiger partial charge is 0.492 e. The van der Waals surface area contributed by atoms with Gasteiger partial charge in [0.15, 0.2) is 11.5 Å². The van der Waals surface area contributed by atoms with Gasteiger partial charge in [0.25, 0.3) is 0 Å². The van der Waals surface area contributed by atoms with Crippen LogP contribution in [0.15, 0.2) is 105 Å². The van der Waals surface area contributed by atoms with Crippen LogP contribution in [0.25, 0.3) is 0 Å². The Bertz CT molecular complexity index is 1810. The molecule has 3 aromatic rings. The molecule has 9 nitrogen and oxygen atoms in total. The first-order valence-electron chi connectivity index (χ1n) is 13.6. The van der Waals surface area contributed by atoms with Crippen molar-refractivity contribution in [3.05, 3.63) is 133 Å².